The molecule has 0 saturated carbocycles. The largest absolute Gasteiger partial charge is 0.449 e. The van der Waals surface area contributed by atoms with Gasteiger partial charge in [0.15, 0.2) is 6.10 Å². The van der Waals surface area contributed by atoms with E-state index in [-0.39, 0.29) is 11.3 Å². The first-order valence-electron chi connectivity index (χ1n) is 8.56. The zero-order valence-corrected chi connectivity index (χ0v) is 15.7. The van der Waals surface area contributed by atoms with E-state index in [1.165, 1.54) is 19.1 Å². The van der Waals surface area contributed by atoms with Crippen LogP contribution >= 0.6 is 0 Å². The van der Waals surface area contributed by atoms with Crippen molar-refractivity contribution >= 4 is 23.3 Å². The molecule has 2 rings (SSSR count). The molecule has 142 valence electrons. The molecule has 0 heterocycles. The number of carbonyl (C=O) groups is 2. The molecule has 0 fully saturated rings. The maximum absolute atomic E-state index is 12.2. The topological polar surface area (TPSA) is 98.5 Å². The van der Waals surface area contributed by atoms with Crippen molar-refractivity contribution in [3.63, 3.8) is 0 Å². The van der Waals surface area contributed by atoms with Crippen LogP contribution in [0.3, 0.4) is 0 Å². The summed E-state index contributed by atoms with van der Waals surface area (Å²) in [5, 5.41) is 13.7. The second kappa shape index (κ2) is 8.44. The van der Waals surface area contributed by atoms with E-state index in [4.69, 9.17) is 4.74 Å². The highest BCUT2D eigenvalue weighted by molar-refractivity contribution is 5.97. The number of hydrogen-bond donors (Lipinski definition) is 1. The number of amides is 1. The Hall–Kier alpha value is -3.22. The molecule has 0 saturated heterocycles. The Kier molecular flexibility index (Phi) is 6.28. The number of ether oxygens (including phenoxy) is 1. The van der Waals surface area contributed by atoms with E-state index in [0.29, 0.717) is 17.2 Å². The number of nitro benzene ring substituents is 1. The molecule has 1 atom stereocenters. The van der Waals surface area contributed by atoms with Crippen LogP contribution in [0, 0.1) is 17.0 Å². The van der Waals surface area contributed by atoms with E-state index >= 15 is 0 Å². The number of carbonyl (C=O) groups excluding carboxylic acids is 2. The first kappa shape index (κ1) is 20.1. The first-order valence-corrected chi connectivity index (χ1v) is 8.56. The molecule has 7 heteroatoms. The second-order valence-electron chi connectivity index (χ2n) is 6.57. The number of aryl methyl sites for hydroxylation is 1. The molecule has 1 amide bonds. The molecule has 1 N–H and O–H groups in total. The molecule has 0 aliphatic carbocycles. The Labute approximate surface area is 157 Å². The number of anilines is 1. The number of hydrogen-bond acceptors (Lipinski definition) is 5. The zero-order chi connectivity index (χ0) is 20.1. The van der Waals surface area contributed by atoms with Crippen molar-refractivity contribution in [3.05, 3.63) is 69.3 Å². The van der Waals surface area contributed by atoms with Crippen LogP contribution in [0.2, 0.25) is 0 Å². The quantitative estimate of drug-likeness (QED) is 0.466. The smallest absolute Gasteiger partial charge is 0.339 e. The SMILES string of the molecule is Cc1ccc(C(=O)OC(C)C(=O)Nc2ccc(C(C)C)cc2)cc1[N+](=O)[O-]. The Bertz CT molecular complexity index is 859. The lowest BCUT2D eigenvalue weighted by Gasteiger charge is -2.14. The highest BCUT2D eigenvalue weighted by Crippen LogP contribution is 2.20. The molecule has 1 unspecified atom stereocenters. The van der Waals surface area contributed by atoms with Crippen molar-refractivity contribution in [1.29, 1.82) is 0 Å². The fraction of sp³-hybridized carbons (Fsp3) is 0.300. The summed E-state index contributed by atoms with van der Waals surface area (Å²) in [4.78, 5) is 34.8. The standard InChI is InChI=1S/C20H22N2O5/c1-12(2)15-7-9-17(10-8-15)21-19(23)14(4)27-20(24)16-6-5-13(3)18(11-16)22(25)26/h5-12,14H,1-4H3,(H,21,23). The van der Waals surface area contributed by atoms with Crippen molar-refractivity contribution in [2.75, 3.05) is 5.32 Å². The minimum Gasteiger partial charge on any atom is -0.449 e. The van der Waals surface area contributed by atoms with Gasteiger partial charge in [0.2, 0.25) is 0 Å². The normalized spacial score (nSPS) is 11.7. The summed E-state index contributed by atoms with van der Waals surface area (Å²) in [6.07, 6.45) is -1.05. The fourth-order valence-electron chi connectivity index (χ4n) is 2.41. The van der Waals surface area contributed by atoms with E-state index in [2.05, 4.69) is 19.2 Å². The van der Waals surface area contributed by atoms with Gasteiger partial charge in [0.1, 0.15) is 0 Å². The molecule has 0 spiro atoms. The molecule has 0 aromatic heterocycles. The fourth-order valence-corrected chi connectivity index (χ4v) is 2.41. The number of benzene rings is 2. The molecule has 0 bridgehead atoms. The highest BCUT2D eigenvalue weighted by Gasteiger charge is 2.21. The summed E-state index contributed by atoms with van der Waals surface area (Å²) in [5.74, 6) is -0.897. The van der Waals surface area contributed by atoms with Gasteiger partial charge in [0.25, 0.3) is 11.6 Å². The van der Waals surface area contributed by atoms with Crippen LogP contribution in [0.4, 0.5) is 11.4 Å². The van der Waals surface area contributed by atoms with Crippen LogP contribution in [0.5, 0.6) is 0 Å². The predicted molar refractivity (Wildman–Crippen MR) is 102 cm³/mol. The van der Waals surface area contributed by atoms with Gasteiger partial charge in [-0.1, -0.05) is 32.0 Å². The Morgan fingerprint density at radius 2 is 1.70 bits per heavy atom. The number of nitrogens with one attached hydrogen (secondary N) is 1. The van der Waals surface area contributed by atoms with Gasteiger partial charge in [-0.15, -0.1) is 0 Å². The number of esters is 1. The van der Waals surface area contributed by atoms with E-state index in [9.17, 15) is 19.7 Å². The lowest BCUT2D eigenvalue weighted by Crippen LogP contribution is -2.30. The van der Waals surface area contributed by atoms with Crippen LogP contribution in [-0.2, 0) is 9.53 Å². The van der Waals surface area contributed by atoms with Gasteiger partial charge in [0.05, 0.1) is 10.5 Å². The minimum atomic E-state index is -1.05. The number of rotatable bonds is 6. The highest BCUT2D eigenvalue weighted by atomic mass is 16.6. The summed E-state index contributed by atoms with van der Waals surface area (Å²) in [6, 6.07) is 11.4. The van der Waals surface area contributed by atoms with E-state index in [1.807, 2.05) is 12.1 Å². The number of nitro groups is 1. The zero-order valence-electron chi connectivity index (χ0n) is 15.7. The van der Waals surface area contributed by atoms with Crippen molar-refractivity contribution in [1.82, 2.24) is 0 Å². The van der Waals surface area contributed by atoms with Crippen molar-refractivity contribution in [2.45, 2.75) is 39.7 Å². The van der Waals surface area contributed by atoms with Gasteiger partial charge < -0.3 is 10.1 Å². The predicted octanol–water partition coefficient (Wildman–Crippen LogP) is 4.21. The molecular formula is C20H22N2O5. The lowest BCUT2D eigenvalue weighted by atomic mass is 10.0. The van der Waals surface area contributed by atoms with Crippen LogP contribution in [0.1, 0.15) is 48.2 Å². The van der Waals surface area contributed by atoms with E-state index in [0.717, 1.165) is 11.6 Å². The lowest BCUT2D eigenvalue weighted by molar-refractivity contribution is -0.385. The average molecular weight is 370 g/mol. The monoisotopic (exact) mass is 370 g/mol. The second-order valence-corrected chi connectivity index (χ2v) is 6.57. The molecule has 0 radical (unpaired) electrons. The molecule has 7 nitrogen and oxygen atoms in total. The van der Waals surface area contributed by atoms with E-state index < -0.39 is 22.9 Å². The summed E-state index contributed by atoms with van der Waals surface area (Å²) in [6.45, 7) is 7.17. The van der Waals surface area contributed by atoms with Crippen LogP contribution in [0.25, 0.3) is 0 Å². The minimum absolute atomic E-state index is 0.0215. The molecular weight excluding hydrogens is 348 g/mol. The van der Waals surface area contributed by atoms with Gasteiger partial charge in [-0.05, 0) is 43.5 Å². The van der Waals surface area contributed by atoms with Crippen molar-refractivity contribution in [2.24, 2.45) is 0 Å². The third-order valence-corrected chi connectivity index (χ3v) is 4.14. The maximum atomic E-state index is 12.2. The van der Waals surface area contributed by atoms with Crippen molar-refractivity contribution < 1.29 is 19.2 Å². The van der Waals surface area contributed by atoms with Gasteiger partial charge in [0, 0.05) is 17.3 Å². The summed E-state index contributed by atoms with van der Waals surface area (Å²) < 4.78 is 5.13. The molecule has 2 aromatic rings. The van der Waals surface area contributed by atoms with Gasteiger partial charge in [-0.2, -0.15) is 0 Å². The molecule has 0 aliphatic heterocycles. The summed E-state index contributed by atoms with van der Waals surface area (Å²) >= 11 is 0. The summed E-state index contributed by atoms with van der Waals surface area (Å²) in [5.41, 5.74) is 2.03. The van der Waals surface area contributed by atoms with Crippen LogP contribution in [-0.4, -0.2) is 22.9 Å². The van der Waals surface area contributed by atoms with Gasteiger partial charge in [-0.3, -0.25) is 14.9 Å². The Morgan fingerprint density at radius 1 is 1.07 bits per heavy atom. The third-order valence-electron chi connectivity index (χ3n) is 4.14. The van der Waals surface area contributed by atoms with Gasteiger partial charge in [-0.25, -0.2) is 4.79 Å². The van der Waals surface area contributed by atoms with Crippen LogP contribution < -0.4 is 5.32 Å². The van der Waals surface area contributed by atoms with E-state index in [1.54, 1.807) is 19.1 Å². The summed E-state index contributed by atoms with van der Waals surface area (Å²) in [7, 11) is 0. The third kappa shape index (κ3) is 5.13. The molecule has 0 aliphatic rings. The number of nitrogens with zero attached hydrogens (tertiary/aromatic N) is 1. The molecule has 27 heavy (non-hydrogen) atoms. The maximum Gasteiger partial charge on any atom is 0.339 e. The van der Waals surface area contributed by atoms with Crippen LogP contribution in [0.15, 0.2) is 42.5 Å². The molecule has 2 aromatic carbocycles. The average Bonchev–Trinajstić information content (AvgIpc) is 2.62. The van der Waals surface area contributed by atoms with Crippen molar-refractivity contribution in [3.8, 4) is 0 Å². The Morgan fingerprint density at radius 3 is 2.26 bits per heavy atom. The first-order chi connectivity index (χ1) is 12.7. The van der Waals surface area contributed by atoms with Gasteiger partial charge >= 0.3 is 5.97 Å². The Balaban J connectivity index is 2.02.